The van der Waals surface area contributed by atoms with Gasteiger partial charge < -0.3 is 9.88 Å². The smallest absolute Gasteiger partial charge is 0.154 e. The van der Waals surface area contributed by atoms with Crippen molar-refractivity contribution >= 4 is 16.9 Å². The van der Waals surface area contributed by atoms with Gasteiger partial charge in [-0.3, -0.25) is 0 Å². The molecular formula is C15H15FN4. The number of anilines is 1. The van der Waals surface area contributed by atoms with Gasteiger partial charge in [-0.15, -0.1) is 0 Å². The van der Waals surface area contributed by atoms with E-state index in [1.54, 1.807) is 24.7 Å². The normalized spacial score (nSPS) is 12.6. The monoisotopic (exact) mass is 270 g/mol. The number of benzene rings is 1. The molecule has 0 aliphatic carbocycles. The van der Waals surface area contributed by atoms with Crippen molar-refractivity contribution in [3.8, 4) is 0 Å². The fraction of sp³-hybridized carbons (Fsp3) is 0.200. The number of fused-ring (bicyclic) bond motifs is 1. The Labute approximate surface area is 116 Å². The van der Waals surface area contributed by atoms with Crippen molar-refractivity contribution in [3.05, 3.63) is 54.2 Å². The number of pyridine rings is 1. The van der Waals surface area contributed by atoms with Gasteiger partial charge in [0.1, 0.15) is 11.3 Å². The lowest BCUT2D eigenvalue weighted by molar-refractivity contribution is 0.626. The second-order valence-electron chi connectivity index (χ2n) is 4.80. The molecule has 0 fully saturated rings. The lowest BCUT2D eigenvalue weighted by Crippen LogP contribution is -2.08. The van der Waals surface area contributed by atoms with Gasteiger partial charge in [0.05, 0.1) is 17.9 Å². The van der Waals surface area contributed by atoms with E-state index >= 15 is 0 Å². The second kappa shape index (κ2) is 4.92. The van der Waals surface area contributed by atoms with Crippen LogP contribution in [0.1, 0.15) is 18.5 Å². The third kappa shape index (κ3) is 2.22. The number of halogens is 1. The number of hydrogen-bond donors (Lipinski definition) is 1. The maximum absolute atomic E-state index is 12.9. The molecule has 1 atom stereocenters. The number of nitrogens with zero attached hydrogens (tertiary/aromatic N) is 3. The van der Waals surface area contributed by atoms with Crippen LogP contribution in [0.3, 0.4) is 0 Å². The molecule has 0 bridgehead atoms. The molecule has 20 heavy (non-hydrogen) atoms. The standard InChI is InChI=1S/C15H15FN4/c1-10(11-3-5-12(16)6-4-11)19-15-14-13(7-8-17-15)20(2)9-18-14/h3-10H,1-2H3,(H,17,19). The topological polar surface area (TPSA) is 42.7 Å². The number of aryl methyl sites for hydroxylation is 1. The zero-order chi connectivity index (χ0) is 14.1. The first kappa shape index (κ1) is 12.6. The van der Waals surface area contributed by atoms with Crippen LogP contribution in [0.2, 0.25) is 0 Å². The van der Waals surface area contributed by atoms with Gasteiger partial charge >= 0.3 is 0 Å². The third-order valence-electron chi connectivity index (χ3n) is 3.37. The summed E-state index contributed by atoms with van der Waals surface area (Å²) in [4.78, 5) is 8.70. The highest BCUT2D eigenvalue weighted by atomic mass is 19.1. The van der Waals surface area contributed by atoms with Gasteiger partial charge in [-0.1, -0.05) is 12.1 Å². The Morgan fingerprint density at radius 1 is 1.15 bits per heavy atom. The summed E-state index contributed by atoms with van der Waals surface area (Å²) in [6, 6.07) is 8.41. The molecule has 0 aliphatic rings. The van der Waals surface area contributed by atoms with Gasteiger partial charge in [-0.05, 0) is 30.7 Å². The number of hydrogen-bond acceptors (Lipinski definition) is 3. The van der Waals surface area contributed by atoms with Crippen LogP contribution in [-0.4, -0.2) is 14.5 Å². The molecule has 0 saturated carbocycles. The van der Waals surface area contributed by atoms with Crippen molar-refractivity contribution < 1.29 is 4.39 Å². The summed E-state index contributed by atoms with van der Waals surface area (Å²) in [7, 11) is 1.95. The van der Waals surface area contributed by atoms with E-state index in [4.69, 9.17) is 0 Å². The number of aromatic nitrogens is 3. The molecule has 2 heterocycles. The minimum Gasteiger partial charge on any atom is -0.362 e. The first-order valence-electron chi connectivity index (χ1n) is 6.43. The van der Waals surface area contributed by atoms with E-state index in [0.717, 1.165) is 22.4 Å². The van der Waals surface area contributed by atoms with Gasteiger partial charge in [0.2, 0.25) is 0 Å². The summed E-state index contributed by atoms with van der Waals surface area (Å²) in [6.45, 7) is 2.01. The van der Waals surface area contributed by atoms with E-state index < -0.39 is 0 Å². The Hall–Kier alpha value is -2.43. The van der Waals surface area contributed by atoms with Crippen LogP contribution in [0.15, 0.2) is 42.9 Å². The average molecular weight is 270 g/mol. The van der Waals surface area contributed by atoms with Crippen molar-refractivity contribution in [2.75, 3.05) is 5.32 Å². The van der Waals surface area contributed by atoms with Crippen LogP contribution in [0.4, 0.5) is 10.2 Å². The Balaban J connectivity index is 1.91. The van der Waals surface area contributed by atoms with Crippen LogP contribution in [-0.2, 0) is 7.05 Å². The maximum Gasteiger partial charge on any atom is 0.154 e. The first-order valence-corrected chi connectivity index (χ1v) is 6.43. The van der Waals surface area contributed by atoms with E-state index in [2.05, 4.69) is 15.3 Å². The average Bonchev–Trinajstić information content (AvgIpc) is 2.82. The van der Waals surface area contributed by atoms with Gasteiger partial charge in [0.15, 0.2) is 5.82 Å². The highest BCUT2D eigenvalue weighted by Crippen LogP contribution is 2.23. The van der Waals surface area contributed by atoms with Gasteiger partial charge in [0, 0.05) is 13.2 Å². The molecule has 1 aromatic carbocycles. The summed E-state index contributed by atoms with van der Waals surface area (Å²) in [5, 5.41) is 3.32. The quantitative estimate of drug-likeness (QED) is 0.794. The molecule has 0 radical (unpaired) electrons. The Bertz CT molecular complexity index is 733. The lowest BCUT2D eigenvalue weighted by Gasteiger charge is -2.15. The van der Waals surface area contributed by atoms with Crippen LogP contribution < -0.4 is 5.32 Å². The lowest BCUT2D eigenvalue weighted by atomic mass is 10.1. The van der Waals surface area contributed by atoms with Crippen molar-refractivity contribution in [1.29, 1.82) is 0 Å². The van der Waals surface area contributed by atoms with E-state index in [9.17, 15) is 4.39 Å². The predicted molar refractivity (Wildman–Crippen MR) is 76.9 cm³/mol. The van der Waals surface area contributed by atoms with Crippen molar-refractivity contribution in [2.45, 2.75) is 13.0 Å². The molecular weight excluding hydrogens is 255 g/mol. The molecule has 0 amide bonds. The van der Waals surface area contributed by atoms with Crippen molar-refractivity contribution in [1.82, 2.24) is 14.5 Å². The molecule has 2 aromatic heterocycles. The van der Waals surface area contributed by atoms with Crippen LogP contribution in [0.5, 0.6) is 0 Å². The van der Waals surface area contributed by atoms with Crippen molar-refractivity contribution in [2.24, 2.45) is 7.05 Å². The maximum atomic E-state index is 12.9. The van der Waals surface area contributed by atoms with E-state index in [1.165, 1.54) is 12.1 Å². The zero-order valence-electron chi connectivity index (χ0n) is 11.3. The van der Waals surface area contributed by atoms with E-state index in [1.807, 2.05) is 24.6 Å². The SMILES string of the molecule is CC(Nc1nccc2c1ncn2C)c1ccc(F)cc1. The highest BCUT2D eigenvalue weighted by Gasteiger charge is 2.11. The largest absolute Gasteiger partial charge is 0.362 e. The fourth-order valence-corrected chi connectivity index (χ4v) is 2.21. The Morgan fingerprint density at radius 3 is 2.65 bits per heavy atom. The van der Waals surface area contributed by atoms with Gasteiger partial charge in [-0.2, -0.15) is 0 Å². The van der Waals surface area contributed by atoms with E-state index in [0.29, 0.717) is 0 Å². The molecule has 3 aromatic rings. The highest BCUT2D eigenvalue weighted by molar-refractivity contribution is 5.85. The molecule has 4 nitrogen and oxygen atoms in total. The Morgan fingerprint density at radius 2 is 1.90 bits per heavy atom. The number of imidazole rings is 1. The minimum absolute atomic E-state index is 0.0238. The summed E-state index contributed by atoms with van der Waals surface area (Å²) in [5.41, 5.74) is 2.86. The summed E-state index contributed by atoms with van der Waals surface area (Å²) in [5.74, 6) is 0.505. The molecule has 0 saturated heterocycles. The molecule has 5 heteroatoms. The van der Waals surface area contributed by atoms with Crippen LogP contribution >= 0.6 is 0 Å². The molecule has 1 unspecified atom stereocenters. The van der Waals surface area contributed by atoms with Crippen LogP contribution in [0.25, 0.3) is 11.0 Å². The molecule has 3 rings (SSSR count). The summed E-state index contributed by atoms with van der Waals surface area (Å²) >= 11 is 0. The zero-order valence-corrected chi connectivity index (χ0v) is 11.3. The van der Waals surface area contributed by atoms with Gasteiger partial charge in [-0.25, -0.2) is 14.4 Å². The predicted octanol–water partition coefficient (Wildman–Crippen LogP) is 3.28. The summed E-state index contributed by atoms with van der Waals surface area (Å²) in [6.07, 6.45) is 3.52. The number of nitrogens with one attached hydrogen (secondary N) is 1. The van der Waals surface area contributed by atoms with Crippen molar-refractivity contribution in [3.63, 3.8) is 0 Å². The summed E-state index contributed by atoms with van der Waals surface area (Å²) < 4.78 is 14.9. The Kier molecular flexibility index (Phi) is 3.10. The molecule has 0 aliphatic heterocycles. The number of rotatable bonds is 3. The molecule has 1 N–H and O–H groups in total. The van der Waals surface area contributed by atoms with Gasteiger partial charge in [0.25, 0.3) is 0 Å². The molecule has 0 spiro atoms. The minimum atomic E-state index is -0.231. The second-order valence-corrected chi connectivity index (χ2v) is 4.80. The third-order valence-corrected chi connectivity index (χ3v) is 3.37. The molecule has 102 valence electrons. The van der Waals surface area contributed by atoms with E-state index in [-0.39, 0.29) is 11.9 Å². The fourth-order valence-electron chi connectivity index (χ4n) is 2.21. The van der Waals surface area contributed by atoms with Crippen LogP contribution in [0, 0.1) is 5.82 Å². The first-order chi connectivity index (χ1) is 9.65.